The van der Waals surface area contributed by atoms with Crippen molar-refractivity contribution in [1.82, 2.24) is 5.32 Å². The topological polar surface area (TPSA) is 78.1 Å². The van der Waals surface area contributed by atoms with E-state index in [4.69, 9.17) is 18.9 Å². The highest BCUT2D eigenvalue weighted by Gasteiger charge is 2.19. The van der Waals surface area contributed by atoms with Crippen LogP contribution < -0.4 is 29.6 Å². The molecule has 1 atom stereocenters. The Morgan fingerprint density at radius 1 is 0.939 bits per heavy atom. The summed E-state index contributed by atoms with van der Waals surface area (Å²) in [5.41, 5.74) is 2.37. The molecule has 2 amide bonds. The number of anilines is 1. The highest BCUT2D eigenvalue weighted by molar-refractivity contribution is 5.91. The maximum atomic E-state index is 13.4. The maximum absolute atomic E-state index is 13.4. The molecule has 0 bridgehead atoms. The van der Waals surface area contributed by atoms with Crippen molar-refractivity contribution in [2.75, 3.05) is 26.3 Å². The minimum atomic E-state index is -0.394. The first kappa shape index (κ1) is 22.3. The first-order valence-corrected chi connectivity index (χ1v) is 10.5. The van der Waals surface area contributed by atoms with E-state index >= 15 is 0 Å². The van der Waals surface area contributed by atoms with E-state index < -0.39 is 6.03 Å². The van der Waals surface area contributed by atoms with Gasteiger partial charge >= 0.3 is 6.03 Å². The monoisotopic (exact) mass is 452 g/mol. The first-order chi connectivity index (χ1) is 16.0. The van der Waals surface area contributed by atoms with Crippen LogP contribution in [0, 0.1) is 5.82 Å². The quantitative estimate of drug-likeness (QED) is 0.525. The van der Waals surface area contributed by atoms with E-state index in [1.165, 1.54) is 19.2 Å². The number of fused-ring (bicyclic) bond motifs is 1. The Kier molecular flexibility index (Phi) is 6.83. The van der Waals surface area contributed by atoms with Crippen LogP contribution in [-0.4, -0.2) is 33.1 Å². The molecule has 0 aromatic heterocycles. The van der Waals surface area contributed by atoms with E-state index in [2.05, 4.69) is 10.6 Å². The van der Waals surface area contributed by atoms with E-state index in [0.29, 0.717) is 41.5 Å². The fraction of sp³-hybridized carbons (Fsp3) is 0.240. The fourth-order valence-electron chi connectivity index (χ4n) is 3.69. The molecule has 1 heterocycles. The number of carbonyl (C=O) groups is 1. The molecule has 2 N–H and O–H groups in total. The number of rotatable bonds is 8. The van der Waals surface area contributed by atoms with Crippen molar-refractivity contribution in [3.8, 4) is 23.0 Å². The molecule has 33 heavy (non-hydrogen) atoms. The highest BCUT2D eigenvalue weighted by Crippen LogP contribution is 2.33. The van der Waals surface area contributed by atoms with E-state index in [0.717, 1.165) is 11.1 Å². The van der Waals surface area contributed by atoms with Crippen LogP contribution in [0.15, 0.2) is 60.7 Å². The van der Waals surface area contributed by atoms with Crippen molar-refractivity contribution in [2.45, 2.75) is 18.9 Å². The summed E-state index contributed by atoms with van der Waals surface area (Å²) in [5, 5.41) is 5.85. The van der Waals surface area contributed by atoms with Gasteiger partial charge < -0.3 is 29.6 Å². The van der Waals surface area contributed by atoms with Crippen LogP contribution in [0.25, 0.3) is 0 Å². The Hall–Kier alpha value is -3.94. The number of benzene rings is 3. The normalized spacial score (nSPS) is 12.7. The average molecular weight is 452 g/mol. The predicted octanol–water partition coefficient (Wildman–Crippen LogP) is 4.55. The molecular formula is C25H25FN2O5. The Bertz CT molecular complexity index is 1120. The van der Waals surface area contributed by atoms with Crippen LogP contribution in [0.1, 0.15) is 11.1 Å². The number of hydrogen-bond acceptors (Lipinski definition) is 5. The molecule has 0 aliphatic carbocycles. The van der Waals surface area contributed by atoms with E-state index in [1.807, 2.05) is 18.2 Å². The molecular weight excluding hydrogens is 427 g/mol. The van der Waals surface area contributed by atoms with Crippen LogP contribution >= 0.6 is 0 Å². The molecule has 0 fully saturated rings. The molecule has 3 aromatic carbocycles. The summed E-state index contributed by atoms with van der Waals surface area (Å²) in [7, 11) is 3.08. The summed E-state index contributed by atoms with van der Waals surface area (Å²) in [5.74, 6) is 2.18. The third-order valence-corrected chi connectivity index (χ3v) is 5.30. The zero-order valence-electron chi connectivity index (χ0n) is 18.4. The lowest BCUT2D eigenvalue weighted by molar-refractivity contribution is 0.174. The lowest BCUT2D eigenvalue weighted by Gasteiger charge is -2.20. The van der Waals surface area contributed by atoms with Gasteiger partial charge in [0, 0.05) is 12.1 Å². The van der Waals surface area contributed by atoms with Crippen LogP contribution in [0.2, 0.25) is 0 Å². The Morgan fingerprint density at radius 3 is 2.42 bits per heavy atom. The van der Waals surface area contributed by atoms with Gasteiger partial charge in [-0.3, -0.25) is 0 Å². The van der Waals surface area contributed by atoms with Gasteiger partial charge in [-0.1, -0.05) is 18.2 Å². The summed E-state index contributed by atoms with van der Waals surface area (Å²) >= 11 is 0. The minimum absolute atomic E-state index is 0.195. The van der Waals surface area contributed by atoms with Gasteiger partial charge in [-0.05, 0) is 60.4 Å². The molecule has 8 heteroatoms. The summed E-state index contributed by atoms with van der Waals surface area (Å²) in [4.78, 5) is 12.9. The highest BCUT2D eigenvalue weighted by atomic mass is 19.1. The molecule has 0 spiro atoms. The standard InChI is InChI=1S/C25H25FN2O5/c1-30-20-8-10-22(31-2)21(14-20)28-25(29)27-19(11-16-3-6-18(26)7-4-16)12-17-5-9-23-24(13-17)33-15-32-23/h3-10,13-14,19H,11-12,15H2,1-2H3,(H2,27,28,29)/t19-/m0/s1. The molecule has 7 nitrogen and oxygen atoms in total. The third kappa shape index (κ3) is 5.65. The first-order valence-electron chi connectivity index (χ1n) is 10.5. The van der Waals surface area contributed by atoms with Crippen molar-refractivity contribution < 1.29 is 28.1 Å². The lowest BCUT2D eigenvalue weighted by Crippen LogP contribution is -2.40. The summed E-state index contributed by atoms with van der Waals surface area (Å²) in [6, 6.07) is 16.4. The van der Waals surface area contributed by atoms with E-state index in [-0.39, 0.29) is 18.7 Å². The smallest absolute Gasteiger partial charge is 0.319 e. The van der Waals surface area contributed by atoms with Gasteiger partial charge in [0.1, 0.15) is 17.3 Å². The maximum Gasteiger partial charge on any atom is 0.319 e. The molecule has 4 rings (SSSR count). The van der Waals surface area contributed by atoms with Crippen LogP contribution in [0.5, 0.6) is 23.0 Å². The Morgan fingerprint density at radius 2 is 1.67 bits per heavy atom. The van der Waals surface area contributed by atoms with Gasteiger partial charge in [-0.15, -0.1) is 0 Å². The van der Waals surface area contributed by atoms with Crippen molar-refractivity contribution in [2.24, 2.45) is 0 Å². The Labute approximate surface area is 191 Å². The third-order valence-electron chi connectivity index (χ3n) is 5.30. The number of ether oxygens (including phenoxy) is 4. The zero-order valence-corrected chi connectivity index (χ0v) is 18.4. The number of hydrogen-bond donors (Lipinski definition) is 2. The van der Waals surface area contributed by atoms with Gasteiger partial charge in [0.25, 0.3) is 0 Å². The van der Waals surface area contributed by atoms with Crippen molar-refractivity contribution in [3.05, 3.63) is 77.6 Å². The number of amides is 2. The fourth-order valence-corrected chi connectivity index (χ4v) is 3.69. The molecule has 0 saturated carbocycles. The molecule has 1 aliphatic heterocycles. The number of nitrogens with one attached hydrogen (secondary N) is 2. The molecule has 0 radical (unpaired) electrons. The summed E-state index contributed by atoms with van der Waals surface area (Å²) in [6.07, 6.45) is 1.05. The zero-order chi connectivity index (χ0) is 23.2. The van der Waals surface area contributed by atoms with Gasteiger partial charge in [-0.2, -0.15) is 0 Å². The largest absolute Gasteiger partial charge is 0.497 e. The van der Waals surface area contributed by atoms with Crippen molar-refractivity contribution in [1.29, 1.82) is 0 Å². The number of methoxy groups -OCH3 is 2. The number of urea groups is 1. The van der Waals surface area contributed by atoms with Gasteiger partial charge in [0.15, 0.2) is 11.5 Å². The minimum Gasteiger partial charge on any atom is -0.497 e. The molecule has 0 unspecified atom stereocenters. The van der Waals surface area contributed by atoms with Crippen molar-refractivity contribution >= 4 is 11.7 Å². The van der Waals surface area contributed by atoms with Crippen LogP contribution in [-0.2, 0) is 12.8 Å². The lowest BCUT2D eigenvalue weighted by atomic mass is 9.98. The molecule has 3 aromatic rings. The second-order valence-electron chi connectivity index (χ2n) is 7.58. The van der Waals surface area contributed by atoms with Crippen LogP contribution in [0.3, 0.4) is 0 Å². The van der Waals surface area contributed by atoms with E-state index in [9.17, 15) is 9.18 Å². The predicted molar refractivity (Wildman–Crippen MR) is 122 cm³/mol. The molecule has 0 saturated heterocycles. The second kappa shape index (κ2) is 10.1. The number of carbonyl (C=O) groups excluding carboxylic acids is 1. The van der Waals surface area contributed by atoms with Crippen LogP contribution in [0.4, 0.5) is 14.9 Å². The molecule has 172 valence electrons. The average Bonchev–Trinajstić information content (AvgIpc) is 3.28. The number of halogens is 1. The van der Waals surface area contributed by atoms with Crippen molar-refractivity contribution in [3.63, 3.8) is 0 Å². The Balaban J connectivity index is 1.51. The van der Waals surface area contributed by atoms with Gasteiger partial charge in [0.2, 0.25) is 6.79 Å². The van der Waals surface area contributed by atoms with E-state index in [1.54, 1.807) is 37.4 Å². The van der Waals surface area contributed by atoms with Gasteiger partial charge in [-0.25, -0.2) is 9.18 Å². The summed E-state index contributed by atoms with van der Waals surface area (Å²) < 4.78 is 34.8. The summed E-state index contributed by atoms with van der Waals surface area (Å²) in [6.45, 7) is 0.195. The second-order valence-corrected chi connectivity index (χ2v) is 7.58. The SMILES string of the molecule is COc1ccc(OC)c(NC(=O)N[C@@H](Cc2ccc(F)cc2)Cc2ccc3c(c2)OCO3)c1. The molecule has 1 aliphatic rings. The van der Waals surface area contributed by atoms with Gasteiger partial charge in [0.05, 0.1) is 19.9 Å².